The van der Waals surface area contributed by atoms with Crippen LogP contribution in [0.2, 0.25) is 5.02 Å². The van der Waals surface area contributed by atoms with Crippen molar-refractivity contribution in [3.63, 3.8) is 0 Å². The van der Waals surface area contributed by atoms with E-state index in [0.717, 1.165) is 54.3 Å². The smallest absolute Gasteiger partial charge is 0.253 e. The molecule has 3 aromatic rings. The highest BCUT2D eigenvalue weighted by molar-refractivity contribution is 6.30. The van der Waals surface area contributed by atoms with Crippen molar-refractivity contribution in [3.05, 3.63) is 64.8 Å². The number of methoxy groups -OCH3 is 1. The molecule has 3 fully saturated rings. The number of fused-ring (bicyclic) bond motifs is 3. The minimum absolute atomic E-state index is 0.0895. The molecule has 1 aromatic heterocycles. The van der Waals surface area contributed by atoms with Gasteiger partial charge in [0.05, 0.1) is 24.3 Å². The van der Waals surface area contributed by atoms with Crippen molar-refractivity contribution >= 4 is 28.4 Å². The Hall–Kier alpha value is -2.54. The molecule has 0 spiro atoms. The maximum absolute atomic E-state index is 13.3. The largest absolute Gasteiger partial charge is 0.495 e. The molecule has 38 heavy (non-hydrogen) atoms. The highest BCUT2D eigenvalue weighted by atomic mass is 35.5. The number of benzene rings is 2. The fourth-order valence-corrected chi connectivity index (χ4v) is 6.69. The molecule has 1 N–H and O–H groups in total. The van der Waals surface area contributed by atoms with Crippen molar-refractivity contribution < 1.29 is 14.3 Å². The molecular formula is C31H38ClN3O3. The molecule has 1 saturated carbocycles. The molecule has 2 bridgehead atoms. The van der Waals surface area contributed by atoms with E-state index >= 15 is 0 Å². The summed E-state index contributed by atoms with van der Waals surface area (Å²) in [5, 5.41) is 4.65. The van der Waals surface area contributed by atoms with Gasteiger partial charge in [-0.2, -0.15) is 0 Å². The number of amides is 1. The van der Waals surface area contributed by atoms with Crippen LogP contribution in [0, 0.1) is 5.92 Å². The summed E-state index contributed by atoms with van der Waals surface area (Å²) in [6.07, 6.45) is 11.2. The maximum Gasteiger partial charge on any atom is 0.253 e. The van der Waals surface area contributed by atoms with Gasteiger partial charge in [0.2, 0.25) is 0 Å². The SMILES string of the molecule is COc1cccc2c(C(=O)NCc3cccc(Cl)c3)cn(CCCN3C4CCC3CC(OCC3CC3)C4)c12. The van der Waals surface area contributed by atoms with E-state index in [1.54, 1.807) is 7.11 Å². The third-order valence-corrected chi connectivity index (χ3v) is 8.82. The van der Waals surface area contributed by atoms with Crippen LogP contribution in [0.5, 0.6) is 5.75 Å². The standard InChI is InChI=1S/C31H38ClN3O3/c1-37-29-8-3-7-27-28(31(36)33-18-22-5-2-6-23(32)15-22)19-34(30(27)29)13-4-14-35-24-11-12-25(35)17-26(16-24)38-20-21-9-10-21/h2-3,5-8,15,19,21,24-26H,4,9-14,16-18,20H2,1H3,(H,33,36). The molecule has 3 aliphatic rings. The van der Waals surface area contributed by atoms with E-state index in [-0.39, 0.29) is 5.91 Å². The van der Waals surface area contributed by atoms with Crippen molar-refractivity contribution in [1.82, 2.24) is 14.8 Å². The number of hydrogen-bond acceptors (Lipinski definition) is 4. The molecule has 6 rings (SSSR count). The topological polar surface area (TPSA) is 55.7 Å². The van der Waals surface area contributed by atoms with E-state index in [4.69, 9.17) is 21.1 Å². The minimum atomic E-state index is -0.0895. The number of carbonyl (C=O) groups excluding carboxylic acids is 1. The molecule has 2 aliphatic heterocycles. The molecular weight excluding hydrogens is 498 g/mol. The van der Waals surface area contributed by atoms with Crippen molar-refractivity contribution in [1.29, 1.82) is 0 Å². The second kappa shape index (κ2) is 11.3. The lowest BCUT2D eigenvalue weighted by Gasteiger charge is -2.39. The van der Waals surface area contributed by atoms with E-state index in [0.29, 0.717) is 35.3 Å². The molecule has 202 valence electrons. The number of rotatable bonds is 11. The number of nitrogens with zero attached hydrogens (tertiary/aromatic N) is 2. The van der Waals surface area contributed by atoms with E-state index in [1.807, 2.05) is 48.7 Å². The van der Waals surface area contributed by atoms with Crippen LogP contribution in [0.3, 0.4) is 0 Å². The van der Waals surface area contributed by atoms with Crippen LogP contribution < -0.4 is 10.1 Å². The van der Waals surface area contributed by atoms with Gasteiger partial charge < -0.3 is 19.4 Å². The summed E-state index contributed by atoms with van der Waals surface area (Å²) < 4.78 is 14.2. The average molecular weight is 536 g/mol. The van der Waals surface area contributed by atoms with Crippen LogP contribution in [0.4, 0.5) is 0 Å². The first kappa shape index (κ1) is 25.7. The second-order valence-corrected chi connectivity index (χ2v) is 11.7. The van der Waals surface area contributed by atoms with Crippen LogP contribution in [0.25, 0.3) is 10.9 Å². The zero-order valence-electron chi connectivity index (χ0n) is 22.2. The number of ether oxygens (including phenoxy) is 2. The summed E-state index contributed by atoms with van der Waals surface area (Å²) in [7, 11) is 1.69. The highest BCUT2D eigenvalue weighted by Crippen LogP contribution is 2.38. The summed E-state index contributed by atoms with van der Waals surface area (Å²) in [6.45, 7) is 3.33. The van der Waals surface area contributed by atoms with Crippen LogP contribution in [0.15, 0.2) is 48.7 Å². The molecule has 6 nitrogen and oxygen atoms in total. The van der Waals surface area contributed by atoms with Crippen LogP contribution in [-0.4, -0.2) is 53.8 Å². The van der Waals surface area contributed by atoms with Gasteiger partial charge in [0.1, 0.15) is 5.75 Å². The van der Waals surface area contributed by atoms with Gasteiger partial charge in [0.25, 0.3) is 5.91 Å². The number of aryl methyl sites for hydroxylation is 1. The quantitative estimate of drug-likeness (QED) is 0.325. The van der Waals surface area contributed by atoms with Crippen LogP contribution in [0.1, 0.15) is 60.9 Å². The van der Waals surface area contributed by atoms with Gasteiger partial charge in [-0.3, -0.25) is 9.69 Å². The second-order valence-electron chi connectivity index (χ2n) is 11.3. The molecule has 7 heteroatoms. The monoisotopic (exact) mass is 535 g/mol. The number of hydrogen-bond donors (Lipinski definition) is 1. The Morgan fingerprint density at radius 3 is 2.58 bits per heavy atom. The van der Waals surface area contributed by atoms with Gasteiger partial charge in [0, 0.05) is 54.9 Å². The minimum Gasteiger partial charge on any atom is -0.495 e. The number of aromatic nitrogens is 1. The lowest BCUT2D eigenvalue weighted by Crippen LogP contribution is -2.46. The number of nitrogens with one attached hydrogen (secondary N) is 1. The Morgan fingerprint density at radius 1 is 1.05 bits per heavy atom. The summed E-state index contributed by atoms with van der Waals surface area (Å²) >= 11 is 6.11. The molecule has 2 aromatic carbocycles. The summed E-state index contributed by atoms with van der Waals surface area (Å²) in [5.41, 5.74) is 2.64. The van der Waals surface area contributed by atoms with Gasteiger partial charge in [-0.05, 0) is 74.6 Å². The van der Waals surface area contributed by atoms with Gasteiger partial charge >= 0.3 is 0 Å². The van der Waals surface area contributed by atoms with Gasteiger partial charge in [0.15, 0.2) is 0 Å². The molecule has 2 atom stereocenters. The lowest BCUT2D eigenvalue weighted by atomic mass is 9.99. The van der Waals surface area contributed by atoms with Crippen molar-refractivity contribution in [3.8, 4) is 5.75 Å². The summed E-state index contributed by atoms with van der Waals surface area (Å²) in [4.78, 5) is 16.0. The molecule has 0 radical (unpaired) electrons. The molecule has 2 saturated heterocycles. The predicted octanol–water partition coefficient (Wildman–Crippen LogP) is 6.05. The lowest BCUT2D eigenvalue weighted by molar-refractivity contribution is -0.0241. The van der Waals surface area contributed by atoms with Gasteiger partial charge in [-0.1, -0.05) is 35.9 Å². The first-order valence-corrected chi connectivity index (χ1v) is 14.5. The maximum atomic E-state index is 13.3. The first-order chi connectivity index (χ1) is 18.6. The van der Waals surface area contributed by atoms with E-state index in [1.165, 1.54) is 38.5 Å². The molecule has 1 aliphatic carbocycles. The fraction of sp³-hybridized carbons (Fsp3) is 0.516. The summed E-state index contributed by atoms with van der Waals surface area (Å²) in [6, 6.07) is 14.8. The van der Waals surface area contributed by atoms with E-state index in [2.05, 4.69) is 14.8 Å². The van der Waals surface area contributed by atoms with Gasteiger partial charge in [-0.15, -0.1) is 0 Å². The van der Waals surface area contributed by atoms with E-state index < -0.39 is 0 Å². The van der Waals surface area contributed by atoms with E-state index in [9.17, 15) is 4.79 Å². The van der Waals surface area contributed by atoms with Crippen LogP contribution in [-0.2, 0) is 17.8 Å². The third kappa shape index (κ3) is 5.58. The van der Waals surface area contributed by atoms with Crippen molar-refractivity contribution in [2.75, 3.05) is 20.3 Å². The van der Waals surface area contributed by atoms with Gasteiger partial charge in [-0.25, -0.2) is 0 Å². The Balaban J connectivity index is 1.11. The normalized spacial score (nSPS) is 23.2. The first-order valence-electron chi connectivity index (χ1n) is 14.1. The number of carbonyl (C=O) groups is 1. The molecule has 3 heterocycles. The fourth-order valence-electron chi connectivity index (χ4n) is 6.48. The Bertz CT molecular complexity index is 1270. The average Bonchev–Trinajstić information content (AvgIpc) is 3.64. The zero-order valence-corrected chi connectivity index (χ0v) is 23.0. The molecule has 2 unspecified atom stereocenters. The number of halogens is 1. The third-order valence-electron chi connectivity index (χ3n) is 8.59. The Labute approximate surface area is 230 Å². The van der Waals surface area contributed by atoms with Crippen LogP contribution >= 0.6 is 11.6 Å². The summed E-state index contributed by atoms with van der Waals surface area (Å²) in [5.74, 6) is 1.54. The zero-order chi connectivity index (χ0) is 26.1. The molecule has 1 amide bonds. The number of para-hydroxylation sites is 1. The highest BCUT2D eigenvalue weighted by Gasteiger charge is 2.41. The van der Waals surface area contributed by atoms with Crippen molar-refractivity contribution in [2.24, 2.45) is 5.92 Å². The number of piperidine rings is 1. The Kier molecular flexibility index (Phi) is 7.64. The predicted molar refractivity (Wildman–Crippen MR) is 151 cm³/mol. The van der Waals surface area contributed by atoms with Crippen molar-refractivity contribution in [2.45, 2.75) is 76.2 Å². The Morgan fingerprint density at radius 2 is 1.84 bits per heavy atom.